The summed E-state index contributed by atoms with van der Waals surface area (Å²) < 4.78 is 1.04. The van der Waals surface area contributed by atoms with Crippen molar-refractivity contribution in [3.8, 4) is 0 Å². The lowest BCUT2D eigenvalue weighted by Crippen LogP contribution is -2.30. The van der Waals surface area contributed by atoms with Crippen LogP contribution < -0.4 is 10.6 Å². The number of thiophene rings is 1. The Morgan fingerprint density at radius 2 is 1.76 bits per heavy atom. The number of benzene rings is 2. The molecule has 3 rings (SSSR count). The standard InChI is InChI=1S/C17H16N2OS/c1-2-19(12-8-4-3-5-9-12)17(20)16-15(18)13-10-6-7-11-14(13)21-16/h3-11H,2,18H2,1H3. The molecule has 2 N–H and O–H groups in total. The van der Waals surface area contributed by atoms with Gasteiger partial charge in [0.2, 0.25) is 0 Å². The molecule has 0 saturated heterocycles. The van der Waals surface area contributed by atoms with Crippen LogP contribution in [0.25, 0.3) is 10.1 Å². The van der Waals surface area contributed by atoms with Crippen molar-refractivity contribution in [1.29, 1.82) is 0 Å². The molecule has 0 bridgehead atoms. The van der Waals surface area contributed by atoms with Gasteiger partial charge in [-0.15, -0.1) is 11.3 Å². The van der Waals surface area contributed by atoms with Crippen LogP contribution >= 0.6 is 11.3 Å². The fourth-order valence-corrected chi connectivity index (χ4v) is 3.47. The van der Waals surface area contributed by atoms with E-state index in [0.29, 0.717) is 17.1 Å². The largest absolute Gasteiger partial charge is 0.397 e. The first-order valence-corrected chi connectivity index (χ1v) is 7.68. The number of carbonyl (C=O) groups excluding carboxylic acids is 1. The molecule has 3 aromatic rings. The zero-order chi connectivity index (χ0) is 14.8. The van der Waals surface area contributed by atoms with Gasteiger partial charge in [-0.1, -0.05) is 36.4 Å². The average molecular weight is 296 g/mol. The molecular weight excluding hydrogens is 280 g/mol. The van der Waals surface area contributed by atoms with E-state index in [2.05, 4.69) is 0 Å². The molecule has 0 saturated carbocycles. The summed E-state index contributed by atoms with van der Waals surface area (Å²) in [5.74, 6) is -0.0394. The van der Waals surface area contributed by atoms with Gasteiger partial charge in [-0.25, -0.2) is 0 Å². The Labute approximate surface area is 127 Å². The summed E-state index contributed by atoms with van der Waals surface area (Å²) in [5, 5.41) is 0.954. The van der Waals surface area contributed by atoms with Crippen molar-refractivity contribution in [3.05, 3.63) is 59.5 Å². The summed E-state index contributed by atoms with van der Waals surface area (Å²) in [4.78, 5) is 15.2. The van der Waals surface area contributed by atoms with E-state index in [9.17, 15) is 4.79 Å². The minimum Gasteiger partial charge on any atom is -0.397 e. The summed E-state index contributed by atoms with van der Waals surface area (Å²) in [6, 6.07) is 17.5. The lowest BCUT2D eigenvalue weighted by Gasteiger charge is -2.20. The van der Waals surface area contributed by atoms with Gasteiger partial charge in [0.15, 0.2) is 0 Å². The molecule has 2 aromatic carbocycles. The number of carbonyl (C=O) groups is 1. The molecule has 0 radical (unpaired) electrons. The summed E-state index contributed by atoms with van der Waals surface area (Å²) in [6.45, 7) is 2.57. The second-order valence-corrected chi connectivity index (χ2v) is 5.78. The van der Waals surface area contributed by atoms with E-state index in [1.54, 1.807) is 4.90 Å². The van der Waals surface area contributed by atoms with Crippen molar-refractivity contribution in [2.45, 2.75) is 6.92 Å². The quantitative estimate of drug-likeness (QED) is 0.789. The van der Waals surface area contributed by atoms with E-state index >= 15 is 0 Å². The molecular formula is C17H16N2OS. The first-order valence-electron chi connectivity index (χ1n) is 6.86. The van der Waals surface area contributed by atoms with Crippen molar-refractivity contribution in [2.24, 2.45) is 0 Å². The van der Waals surface area contributed by atoms with Gasteiger partial charge in [-0.05, 0) is 25.1 Å². The van der Waals surface area contributed by atoms with Crippen molar-refractivity contribution < 1.29 is 4.79 Å². The fraction of sp³-hybridized carbons (Fsp3) is 0.118. The van der Waals surface area contributed by atoms with Crippen molar-refractivity contribution in [3.63, 3.8) is 0 Å². The Balaban J connectivity index is 2.05. The Hall–Kier alpha value is -2.33. The molecule has 0 unspecified atom stereocenters. The molecule has 1 heterocycles. The first-order chi connectivity index (χ1) is 10.2. The highest BCUT2D eigenvalue weighted by Gasteiger charge is 2.21. The molecule has 3 nitrogen and oxygen atoms in total. The highest BCUT2D eigenvalue weighted by molar-refractivity contribution is 7.21. The molecule has 4 heteroatoms. The molecule has 0 fully saturated rings. The second kappa shape index (κ2) is 5.58. The number of hydrogen-bond donors (Lipinski definition) is 1. The number of nitrogen functional groups attached to an aromatic ring is 1. The molecule has 106 valence electrons. The molecule has 1 aromatic heterocycles. The van der Waals surface area contributed by atoms with Crippen LogP contribution in [0.5, 0.6) is 0 Å². The van der Waals surface area contributed by atoms with Gasteiger partial charge in [0, 0.05) is 22.3 Å². The third-order valence-electron chi connectivity index (χ3n) is 3.46. The molecule has 0 aliphatic rings. The van der Waals surface area contributed by atoms with Gasteiger partial charge in [0.1, 0.15) is 4.88 Å². The molecule has 0 atom stereocenters. The number of anilines is 2. The molecule has 21 heavy (non-hydrogen) atoms. The van der Waals surface area contributed by atoms with E-state index in [0.717, 1.165) is 15.8 Å². The number of hydrogen-bond acceptors (Lipinski definition) is 3. The van der Waals surface area contributed by atoms with Gasteiger partial charge in [-0.3, -0.25) is 4.79 Å². The fourth-order valence-electron chi connectivity index (χ4n) is 2.40. The van der Waals surface area contributed by atoms with Crippen LogP contribution in [0.2, 0.25) is 0 Å². The summed E-state index contributed by atoms with van der Waals surface area (Å²) in [6.07, 6.45) is 0. The van der Waals surface area contributed by atoms with E-state index in [4.69, 9.17) is 5.73 Å². The molecule has 0 spiro atoms. The SMILES string of the molecule is CCN(C(=O)c1sc2ccccc2c1N)c1ccccc1. The van der Waals surface area contributed by atoms with Crippen LogP contribution in [0.15, 0.2) is 54.6 Å². The summed E-state index contributed by atoms with van der Waals surface area (Å²) in [7, 11) is 0. The van der Waals surface area contributed by atoms with Crippen LogP contribution in [0, 0.1) is 0 Å². The first kappa shape index (κ1) is 13.6. The van der Waals surface area contributed by atoms with E-state index in [-0.39, 0.29) is 5.91 Å². The minimum absolute atomic E-state index is 0.0394. The van der Waals surface area contributed by atoms with E-state index < -0.39 is 0 Å². The van der Waals surface area contributed by atoms with E-state index in [1.165, 1.54) is 11.3 Å². The maximum absolute atomic E-state index is 12.8. The predicted octanol–water partition coefficient (Wildman–Crippen LogP) is 4.15. The lowest BCUT2D eigenvalue weighted by molar-refractivity contribution is 0.0993. The van der Waals surface area contributed by atoms with Crippen LogP contribution in [0.3, 0.4) is 0 Å². The lowest BCUT2D eigenvalue weighted by atomic mass is 10.2. The Kier molecular flexibility index (Phi) is 3.62. The Bertz CT molecular complexity index is 780. The number of nitrogens with zero attached hydrogens (tertiary/aromatic N) is 1. The topological polar surface area (TPSA) is 46.3 Å². The maximum atomic E-state index is 12.8. The smallest absolute Gasteiger partial charge is 0.270 e. The number of amides is 1. The van der Waals surface area contributed by atoms with Gasteiger partial charge in [-0.2, -0.15) is 0 Å². The highest BCUT2D eigenvalue weighted by Crippen LogP contribution is 2.34. The monoisotopic (exact) mass is 296 g/mol. The zero-order valence-corrected chi connectivity index (χ0v) is 12.6. The number of nitrogens with two attached hydrogens (primary N) is 1. The van der Waals surface area contributed by atoms with Crippen LogP contribution in [-0.4, -0.2) is 12.5 Å². The van der Waals surface area contributed by atoms with Crippen LogP contribution in [0.1, 0.15) is 16.6 Å². The van der Waals surface area contributed by atoms with Gasteiger partial charge >= 0.3 is 0 Å². The van der Waals surface area contributed by atoms with Gasteiger partial charge in [0.25, 0.3) is 5.91 Å². The average Bonchev–Trinajstić information content (AvgIpc) is 2.87. The van der Waals surface area contributed by atoms with Crippen molar-refractivity contribution in [1.82, 2.24) is 0 Å². The van der Waals surface area contributed by atoms with Crippen molar-refractivity contribution in [2.75, 3.05) is 17.2 Å². The predicted molar refractivity (Wildman–Crippen MR) is 90.0 cm³/mol. The van der Waals surface area contributed by atoms with E-state index in [1.807, 2.05) is 61.5 Å². The van der Waals surface area contributed by atoms with Crippen molar-refractivity contribution >= 4 is 38.7 Å². The van der Waals surface area contributed by atoms with Gasteiger partial charge < -0.3 is 10.6 Å². The maximum Gasteiger partial charge on any atom is 0.270 e. The number of para-hydroxylation sites is 1. The third kappa shape index (κ3) is 2.38. The number of rotatable bonds is 3. The normalized spacial score (nSPS) is 10.7. The minimum atomic E-state index is -0.0394. The molecule has 1 amide bonds. The molecule has 0 aliphatic heterocycles. The highest BCUT2D eigenvalue weighted by atomic mass is 32.1. The summed E-state index contributed by atoms with van der Waals surface area (Å²) >= 11 is 1.45. The second-order valence-electron chi connectivity index (χ2n) is 4.73. The Morgan fingerprint density at radius 1 is 1.10 bits per heavy atom. The van der Waals surface area contributed by atoms with Crippen LogP contribution in [0.4, 0.5) is 11.4 Å². The third-order valence-corrected chi connectivity index (χ3v) is 4.63. The summed E-state index contributed by atoms with van der Waals surface area (Å²) in [5.41, 5.74) is 7.64. The zero-order valence-electron chi connectivity index (χ0n) is 11.7. The number of fused-ring (bicyclic) bond motifs is 1. The Morgan fingerprint density at radius 3 is 2.43 bits per heavy atom. The van der Waals surface area contributed by atoms with Gasteiger partial charge in [0.05, 0.1) is 5.69 Å². The molecule has 0 aliphatic carbocycles. The van der Waals surface area contributed by atoms with Crippen LogP contribution in [-0.2, 0) is 0 Å².